The van der Waals surface area contributed by atoms with Crippen LogP contribution in [0.15, 0.2) is 6.20 Å². The van der Waals surface area contributed by atoms with E-state index < -0.39 is 0 Å². The Morgan fingerprint density at radius 1 is 1.47 bits per heavy atom. The van der Waals surface area contributed by atoms with E-state index in [4.69, 9.17) is 0 Å². The Kier molecular flexibility index (Phi) is 4.06. The largest absolute Gasteiger partial charge is 0.337 e. The molecule has 1 aromatic heterocycles. The van der Waals surface area contributed by atoms with Crippen molar-refractivity contribution >= 4 is 17.6 Å². The molecule has 1 aliphatic carbocycles. The van der Waals surface area contributed by atoms with Crippen LogP contribution in [0.25, 0.3) is 0 Å². The maximum absolute atomic E-state index is 12.1. The molecular weight excluding hydrogens is 236 g/mol. The minimum Gasteiger partial charge on any atom is -0.337 e. The molecule has 1 saturated carbocycles. The molecule has 0 aromatic carbocycles. The molecule has 17 heavy (non-hydrogen) atoms. The smallest absolute Gasteiger partial charge is 0.275 e. The van der Waals surface area contributed by atoms with Crippen LogP contribution in [0.3, 0.4) is 0 Å². The van der Waals surface area contributed by atoms with E-state index in [2.05, 4.69) is 14.1 Å². The van der Waals surface area contributed by atoms with E-state index in [-0.39, 0.29) is 5.91 Å². The van der Waals surface area contributed by atoms with Crippen LogP contribution in [-0.4, -0.2) is 45.7 Å². The number of aromatic nitrogens is 2. The van der Waals surface area contributed by atoms with E-state index in [9.17, 15) is 4.79 Å². The number of carbonyl (C=O) groups excluding carboxylic acids is 1. The second-order valence-corrected chi connectivity index (χ2v) is 5.06. The van der Waals surface area contributed by atoms with E-state index in [0.717, 1.165) is 37.4 Å². The van der Waals surface area contributed by atoms with Gasteiger partial charge >= 0.3 is 0 Å². The Labute approximate surface area is 106 Å². The number of carbonyl (C=O) groups is 1. The summed E-state index contributed by atoms with van der Waals surface area (Å²) in [6, 6.07) is 0.949. The molecule has 0 spiro atoms. The van der Waals surface area contributed by atoms with Crippen LogP contribution in [0.1, 0.15) is 36.2 Å². The van der Waals surface area contributed by atoms with E-state index in [1.807, 2.05) is 19.0 Å². The van der Waals surface area contributed by atoms with Crippen LogP contribution in [0.4, 0.5) is 0 Å². The van der Waals surface area contributed by atoms with E-state index in [1.54, 1.807) is 6.20 Å². The Balaban J connectivity index is 1.92. The average Bonchev–Trinajstić information content (AvgIpc) is 2.91. The van der Waals surface area contributed by atoms with Crippen LogP contribution in [0.5, 0.6) is 0 Å². The summed E-state index contributed by atoms with van der Waals surface area (Å²) < 4.78 is 7.86. The van der Waals surface area contributed by atoms with Crippen LogP contribution in [-0.2, 0) is 0 Å². The van der Waals surface area contributed by atoms with Crippen LogP contribution in [0, 0.1) is 0 Å². The van der Waals surface area contributed by atoms with Gasteiger partial charge in [-0.2, -0.15) is 8.75 Å². The second kappa shape index (κ2) is 5.55. The summed E-state index contributed by atoms with van der Waals surface area (Å²) in [7, 11) is 3.87. The van der Waals surface area contributed by atoms with Crippen LogP contribution in [0.2, 0.25) is 0 Å². The fourth-order valence-electron chi connectivity index (χ4n) is 2.36. The molecular formula is C11H18N4OS. The number of amides is 1. The van der Waals surface area contributed by atoms with Crippen molar-refractivity contribution in [2.75, 3.05) is 14.1 Å². The second-order valence-electron chi connectivity index (χ2n) is 4.50. The summed E-state index contributed by atoms with van der Waals surface area (Å²) in [5.41, 5.74) is 0.466. The van der Waals surface area contributed by atoms with Gasteiger partial charge in [-0.05, 0) is 32.7 Å². The molecule has 1 N–H and O–H groups in total. The highest BCUT2D eigenvalue weighted by Crippen LogP contribution is 2.23. The van der Waals surface area contributed by atoms with Crippen LogP contribution < -0.4 is 5.32 Å². The maximum Gasteiger partial charge on any atom is 0.275 e. The van der Waals surface area contributed by atoms with Gasteiger partial charge in [0.1, 0.15) is 0 Å². The predicted molar refractivity (Wildman–Crippen MR) is 67.1 cm³/mol. The van der Waals surface area contributed by atoms with Crippen molar-refractivity contribution in [3.05, 3.63) is 11.9 Å². The zero-order valence-electron chi connectivity index (χ0n) is 10.2. The molecule has 0 radical (unpaired) electrons. The first kappa shape index (κ1) is 12.4. The van der Waals surface area contributed by atoms with Crippen molar-refractivity contribution in [2.24, 2.45) is 0 Å². The van der Waals surface area contributed by atoms with Crippen molar-refractivity contribution in [3.63, 3.8) is 0 Å². The predicted octanol–water partition coefficient (Wildman–Crippen LogP) is 1.14. The summed E-state index contributed by atoms with van der Waals surface area (Å²) in [6.45, 7) is 0. The molecule has 0 atom stereocenters. The fraction of sp³-hybridized carbons (Fsp3) is 0.727. The van der Waals surface area contributed by atoms with Gasteiger partial charge in [0, 0.05) is 19.1 Å². The van der Waals surface area contributed by atoms with Gasteiger partial charge in [0.2, 0.25) is 0 Å². The number of nitrogens with zero attached hydrogens (tertiary/aromatic N) is 3. The van der Waals surface area contributed by atoms with E-state index in [0.29, 0.717) is 17.8 Å². The molecule has 1 heterocycles. The number of hydrogen-bond acceptors (Lipinski definition) is 5. The summed E-state index contributed by atoms with van der Waals surface area (Å²) in [5.74, 6) is -0.00772. The Bertz CT molecular complexity index is 360. The third kappa shape index (κ3) is 2.81. The summed E-state index contributed by atoms with van der Waals surface area (Å²) >= 11 is 1.08. The van der Waals surface area contributed by atoms with Crippen LogP contribution >= 0.6 is 11.7 Å². The molecule has 2 rings (SSSR count). The third-order valence-corrected chi connectivity index (χ3v) is 4.03. The van der Waals surface area contributed by atoms with Gasteiger partial charge in [0.05, 0.1) is 17.9 Å². The van der Waals surface area contributed by atoms with Gasteiger partial charge in [0.15, 0.2) is 5.69 Å². The SMILES string of the molecule is CNC1CCC(N(C)C(=O)c2cnsn2)CC1. The normalized spacial score (nSPS) is 24.6. The fourth-order valence-corrected chi connectivity index (χ4v) is 2.76. The van der Waals surface area contributed by atoms with Gasteiger partial charge in [-0.15, -0.1) is 0 Å². The van der Waals surface area contributed by atoms with Gasteiger partial charge in [-0.3, -0.25) is 4.79 Å². The molecule has 0 bridgehead atoms. The lowest BCUT2D eigenvalue weighted by atomic mass is 9.90. The average molecular weight is 254 g/mol. The lowest BCUT2D eigenvalue weighted by Crippen LogP contribution is -2.42. The first-order chi connectivity index (χ1) is 8.22. The van der Waals surface area contributed by atoms with E-state index >= 15 is 0 Å². The molecule has 5 nitrogen and oxygen atoms in total. The monoisotopic (exact) mass is 254 g/mol. The molecule has 1 amide bonds. The topological polar surface area (TPSA) is 58.1 Å². The zero-order chi connectivity index (χ0) is 12.3. The highest BCUT2D eigenvalue weighted by Gasteiger charge is 2.27. The highest BCUT2D eigenvalue weighted by atomic mass is 32.1. The van der Waals surface area contributed by atoms with Crippen molar-refractivity contribution in [2.45, 2.75) is 37.8 Å². The Hall–Kier alpha value is -1.01. The summed E-state index contributed by atoms with van der Waals surface area (Å²) in [5, 5.41) is 3.30. The lowest BCUT2D eigenvalue weighted by molar-refractivity contribution is 0.0681. The molecule has 1 fully saturated rings. The molecule has 94 valence electrons. The molecule has 1 aliphatic rings. The molecule has 0 saturated heterocycles. The lowest BCUT2D eigenvalue weighted by Gasteiger charge is -2.34. The summed E-state index contributed by atoms with van der Waals surface area (Å²) in [4.78, 5) is 13.9. The first-order valence-corrected chi connectivity index (χ1v) is 6.67. The van der Waals surface area contributed by atoms with Crippen molar-refractivity contribution in [1.82, 2.24) is 19.0 Å². The minimum absolute atomic E-state index is 0.00772. The van der Waals surface area contributed by atoms with Crippen molar-refractivity contribution in [1.29, 1.82) is 0 Å². The highest BCUT2D eigenvalue weighted by molar-refractivity contribution is 6.99. The molecule has 6 heteroatoms. The third-order valence-electron chi connectivity index (χ3n) is 3.55. The van der Waals surface area contributed by atoms with Gasteiger partial charge in [0.25, 0.3) is 5.91 Å². The first-order valence-electron chi connectivity index (χ1n) is 5.94. The zero-order valence-corrected chi connectivity index (χ0v) is 11.0. The van der Waals surface area contributed by atoms with Gasteiger partial charge in [-0.1, -0.05) is 0 Å². The molecule has 0 unspecified atom stereocenters. The number of nitrogens with one attached hydrogen (secondary N) is 1. The molecule has 0 aliphatic heterocycles. The maximum atomic E-state index is 12.1. The number of rotatable bonds is 3. The van der Waals surface area contributed by atoms with Crippen molar-refractivity contribution < 1.29 is 4.79 Å². The molecule has 1 aromatic rings. The standard InChI is InChI=1S/C11H18N4OS/c1-12-8-3-5-9(6-4-8)15(2)11(16)10-7-13-17-14-10/h7-9,12H,3-6H2,1-2H3. The number of hydrogen-bond donors (Lipinski definition) is 1. The van der Waals surface area contributed by atoms with Gasteiger partial charge < -0.3 is 10.2 Å². The quantitative estimate of drug-likeness (QED) is 0.879. The summed E-state index contributed by atoms with van der Waals surface area (Å²) in [6.07, 6.45) is 5.93. The minimum atomic E-state index is -0.00772. The van der Waals surface area contributed by atoms with Gasteiger partial charge in [-0.25, -0.2) is 0 Å². The Morgan fingerprint density at radius 3 is 2.71 bits per heavy atom. The van der Waals surface area contributed by atoms with Crippen molar-refractivity contribution in [3.8, 4) is 0 Å². The Morgan fingerprint density at radius 2 is 2.18 bits per heavy atom. The van der Waals surface area contributed by atoms with E-state index in [1.165, 1.54) is 0 Å².